The second-order valence-electron chi connectivity index (χ2n) is 8.27. The molecule has 0 spiro atoms. The van der Waals surface area contributed by atoms with E-state index in [-0.39, 0.29) is 13.2 Å². The SMILES string of the molecule is C=C(C)C(=O)OCCNC(=O)OCCCCCCCCCCOC(=O)NCCC[Si](OC)(OC)OC. The molecule has 0 aromatic rings. The summed E-state index contributed by atoms with van der Waals surface area (Å²) in [6.45, 7) is 6.58. The van der Waals surface area contributed by atoms with E-state index in [9.17, 15) is 14.4 Å². The molecule has 2 amide bonds. The van der Waals surface area contributed by atoms with Gasteiger partial charge in [-0.2, -0.15) is 0 Å². The van der Waals surface area contributed by atoms with Crippen LogP contribution < -0.4 is 10.6 Å². The number of esters is 1. The number of carbonyl (C=O) groups excluding carboxylic acids is 3. The zero-order valence-corrected chi connectivity index (χ0v) is 23.5. The molecule has 210 valence electrons. The summed E-state index contributed by atoms with van der Waals surface area (Å²) in [5, 5.41) is 5.26. The summed E-state index contributed by atoms with van der Waals surface area (Å²) in [4.78, 5) is 34.4. The van der Waals surface area contributed by atoms with Crippen molar-refractivity contribution in [2.45, 2.75) is 70.8 Å². The molecule has 0 aliphatic rings. The molecule has 0 saturated carbocycles. The number of rotatable bonds is 22. The number of amides is 2. The third-order valence-electron chi connectivity index (χ3n) is 5.32. The van der Waals surface area contributed by atoms with Crippen LogP contribution in [-0.4, -0.2) is 81.2 Å². The molecule has 0 aliphatic carbocycles. The van der Waals surface area contributed by atoms with Crippen molar-refractivity contribution >= 4 is 27.0 Å². The third kappa shape index (κ3) is 18.2. The Kier molecular flexibility index (Phi) is 20.8. The Bertz CT molecular complexity index is 622. The topological polar surface area (TPSA) is 131 Å². The van der Waals surface area contributed by atoms with Gasteiger partial charge in [0, 0.05) is 39.5 Å². The Morgan fingerprint density at radius 3 is 1.53 bits per heavy atom. The fraction of sp³-hybridized carbons (Fsp3) is 0.792. The molecule has 0 atom stereocenters. The molecule has 0 aliphatic heterocycles. The molecule has 0 aromatic heterocycles. The van der Waals surface area contributed by atoms with E-state index in [1.54, 1.807) is 28.3 Å². The van der Waals surface area contributed by atoms with Crippen molar-refractivity contribution in [3.63, 3.8) is 0 Å². The highest BCUT2D eigenvalue weighted by Gasteiger charge is 2.36. The zero-order valence-electron chi connectivity index (χ0n) is 22.5. The first kappa shape index (κ1) is 33.8. The summed E-state index contributed by atoms with van der Waals surface area (Å²) in [7, 11) is 2.11. The number of hydrogen-bond acceptors (Lipinski definition) is 9. The number of alkyl carbamates (subject to hydrolysis) is 2. The van der Waals surface area contributed by atoms with Crippen molar-refractivity contribution in [3.8, 4) is 0 Å². The quantitative estimate of drug-likeness (QED) is 0.0697. The van der Waals surface area contributed by atoms with E-state index in [1.807, 2.05) is 0 Å². The fourth-order valence-electron chi connectivity index (χ4n) is 3.17. The molecule has 0 rings (SSSR count). The average molecular weight is 535 g/mol. The van der Waals surface area contributed by atoms with Crippen molar-refractivity contribution in [1.82, 2.24) is 10.6 Å². The second kappa shape index (κ2) is 22.1. The standard InChI is InChI=1S/C24H46N2O9Si/c1-21(2)22(27)33-19-16-26-24(29)35-18-13-11-9-7-6-8-10-12-17-34-23(28)25-15-14-20-36(30-3,31-4)32-5/h1,6-20H2,2-5H3,(H,25,28)(H,26,29). The lowest BCUT2D eigenvalue weighted by molar-refractivity contribution is -0.138. The van der Waals surface area contributed by atoms with Crippen LogP contribution in [0.1, 0.15) is 64.7 Å². The van der Waals surface area contributed by atoms with E-state index in [0.717, 1.165) is 51.4 Å². The average Bonchev–Trinajstić information content (AvgIpc) is 2.87. The first-order valence-corrected chi connectivity index (χ1v) is 14.5. The largest absolute Gasteiger partial charge is 0.500 e. The number of unbranched alkanes of at least 4 members (excludes halogenated alkanes) is 7. The van der Waals surface area contributed by atoms with Gasteiger partial charge in [0.05, 0.1) is 19.8 Å². The normalized spacial score (nSPS) is 11.0. The molecule has 0 fully saturated rings. The predicted octanol–water partition coefficient (Wildman–Crippen LogP) is 3.95. The highest BCUT2D eigenvalue weighted by atomic mass is 28.4. The molecule has 0 aromatic carbocycles. The maximum Gasteiger partial charge on any atom is 0.500 e. The minimum Gasteiger partial charge on any atom is -0.460 e. The molecule has 0 unspecified atom stereocenters. The van der Waals surface area contributed by atoms with Crippen LogP contribution in [0.2, 0.25) is 6.04 Å². The van der Waals surface area contributed by atoms with Gasteiger partial charge in [-0.1, -0.05) is 45.1 Å². The molecule has 12 heteroatoms. The van der Waals surface area contributed by atoms with Crippen LogP contribution in [0.15, 0.2) is 12.2 Å². The Morgan fingerprint density at radius 1 is 0.639 bits per heavy atom. The molecule has 11 nitrogen and oxygen atoms in total. The van der Waals surface area contributed by atoms with Crippen LogP contribution in [0, 0.1) is 0 Å². The van der Waals surface area contributed by atoms with Gasteiger partial charge in [-0.3, -0.25) is 0 Å². The van der Waals surface area contributed by atoms with Crippen LogP contribution in [0.4, 0.5) is 9.59 Å². The van der Waals surface area contributed by atoms with Gasteiger partial charge in [-0.05, 0) is 26.2 Å². The van der Waals surface area contributed by atoms with Gasteiger partial charge in [0.25, 0.3) is 0 Å². The summed E-state index contributed by atoms with van der Waals surface area (Å²) in [5.41, 5.74) is 0.320. The Morgan fingerprint density at radius 2 is 1.08 bits per heavy atom. The van der Waals surface area contributed by atoms with Crippen LogP contribution >= 0.6 is 0 Å². The van der Waals surface area contributed by atoms with Crippen LogP contribution in [-0.2, 0) is 32.3 Å². The fourth-order valence-corrected chi connectivity index (χ4v) is 4.89. The van der Waals surface area contributed by atoms with Crippen molar-refractivity contribution in [3.05, 3.63) is 12.2 Å². The Hall–Kier alpha value is -2.15. The summed E-state index contributed by atoms with van der Waals surface area (Å²) >= 11 is 0. The number of hydrogen-bond donors (Lipinski definition) is 2. The van der Waals surface area contributed by atoms with E-state index < -0.39 is 27.0 Å². The Labute approximate surface area is 216 Å². The highest BCUT2D eigenvalue weighted by Crippen LogP contribution is 2.14. The lowest BCUT2D eigenvalue weighted by Gasteiger charge is -2.24. The van der Waals surface area contributed by atoms with E-state index in [1.165, 1.54) is 0 Å². The van der Waals surface area contributed by atoms with Gasteiger partial charge >= 0.3 is 27.0 Å². The molecule has 0 heterocycles. The van der Waals surface area contributed by atoms with Crippen LogP contribution in [0.5, 0.6) is 0 Å². The van der Waals surface area contributed by atoms with Crippen LogP contribution in [0.3, 0.4) is 0 Å². The van der Waals surface area contributed by atoms with Gasteiger partial charge in [-0.25, -0.2) is 14.4 Å². The van der Waals surface area contributed by atoms with Gasteiger partial charge in [0.15, 0.2) is 0 Å². The number of nitrogens with one attached hydrogen (secondary N) is 2. The van der Waals surface area contributed by atoms with Gasteiger partial charge < -0.3 is 38.1 Å². The summed E-state index contributed by atoms with van der Waals surface area (Å²) in [6.07, 6.45) is 7.86. The van der Waals surface area contributed by atoms with Crippen molar-refractivity contribution in [2.24, 2.45) is 0 Å². The molecule has 0 radical (unpaired) electrons. The first-order valence-electron chi connectivity index (χ1n) is 12.6. The third-order valence-corrected chi connectivity index (χ3v) is 8.15. The summed E-state index contributed by atoms with van der Waals surface area (Å²) in [6, 6.07) is 0.621. The van der Waals surface area contributed by atoms with Crippen molar-refractivity contribution < 1.29 is 41.9 Å². The van der Waals surface area contributed by atoms with E-state index in [0.29, 0.717) is 37.8 Å². The Balaban J connectivity index is 3.44. The predicted molar refractivity (Wildman–Crippen MR) is 138 cm³/mol. The van der Waals surface area contributed by atoms with Crippen molar-refractivity contribution in [2.75, 3.05) is 54.2 Å². The minimum atomic E-state index is -2.59. The lowest BCUT2D eigenvalue weighted by Crippen LogP contribution is -2.43. The molecule has 36 heavy (non-hydrogen) atoms. The van der Waals surface area contributed by atoms with E-state index in [4.69, 9.17) is 27.5 Å². The number of ether oxygens (including phenoxy) is 3. The van der Waals surface area contributed by atoms with Gasteiger partial charge in [-0.15, -0.1) is 0 Å². The monoisotopic (exact) mass is 534 g/mol. The molecule has 2 N–H and O–H groups in total. The molecule has 0 bridgehead atoms. The highest BCUT2D eigenvalue weighted by molar-refractivity contribution is 6.60. The van der Waals surface area contributed by atoms with E-state index >= 15 is 0 Å². The maximum absolute atomic E-state index is 11.7. The first-order chi connectivity index (χ1) is 17.3. The molecular formula is C24H46N2O9Si. The van der Waals surface area contributed by atoms with E-state index in [2.05, 4.69) is 17.2 Å². The van der Waals surface area contributed by atoms with Crippen molar-refractivity contribution in [1.29, 1.82) is 0 Å². The second-order valence-corrected chi connectivity index (χ2v) is 11.4. The molecule has 0 saturated heterocycles. The number of carbonyl (C=O) groups is 3. The molecular weight excluding hydrogens is 488 g/mol. The lowest BCUT2D eigenvalue weighted by atomic mass is 10.1. The summed E-state index contributed by atoms with van der Waals surface area (Å²) in [5.74, 6) is -0.477. The van der Waals surface area contributed by atoms with Gasteiger partial charge in [0.2, 0.25) is 0 Å². The minimum absolute atomic E-state index is 0.0851. The summed E-state index contributed by atoms with van der Waals surface area (Å²) < 4.78 is 31.2. The van der Waals surface area contributed by atoms with Gasteiger partial charge in [0.1, 0.15) is 6.61 Å². The van der Waals surface area contributed by atoms with Crippen LogP contribution in [0.25, 0.3) is 0 Å². The zero-order chi connectivity index (χ0) is 27.1. The smallest absolute Gasteiger partial charge is 0.460 e. The maximum atomic E-state index is 11.7.